The van der Waals surface area contributed by atoms with E-state index < -0.39 is 10.0 Å². The molecule has 0 spiro atoms. The van der Waals surface area contributed by atoms with E-state index in [1.165, 1.54) is 4.31 Å². The Morgan fingerprint density at radius 3 is 2.39 bits per heavy atom. The summed E-state index contributed by atoms with van der Waals surface area (Å²) < 4.78 is 30.4. The van der Waals surface area contributed by atoms with E-state index in [2.05, 4.69) is 10.5 Å². The van der Waals surface area contributed by atoms with Crippen LogP contribution in [0.3, 0.4) is 0 Å². The molecule has 1 aromatic carbocycles. The highest BCUT2D eigenvalue weighted by molar-refractivity contribution is 7.93. The van der Waals surface area contributed by atoms with E-state index in [4.69, 9.17) is 4.52 Å². The lowest BCUT2D eigenvalue weighted by Crippen LogP contribution is -2.50. The zero-order valence-electron chi connectivity index (χ0n) is 17.3. The number of aromatic nitrogens is 1. The number of amides is 2. The summed E-state index contributed by atoms with van der Waals surface area (Å²) in [7, 11) is -3.24. The lowest BCUT2D eigenvalue weighted by molar-refractivity contribution is -0.117. The largest absolute Gasteiger partial charge is 0.360 e. The molecule has 1 N–H and O–H groups in total. The second-order valence-corrected chi connectivity index (χ2v) is 9.74. The minimum atomic E-state index is -3.24. The Balaban J connectivity index is 1.28. The highest BCUT2D eigenvalue weighted by atomic mass is 32.2. The summed E-state index contributed by atoms with van der Waals surface area (Å²) >= 11 is 0. The van der Waals surface area contributed by atoms with Crippen molar-refractivity contribution in [3.63, 3.8) is 0 Å². The summed E-state index contributed by atoms with van der Waals surface area (Å²) in [6, 6.07) is 8.36. The van der Waals surface area contributed by atoms with E-state index in [0.29, 0.717) is 62.0 Å². The summed E-state index contributed by atoms with van der Waals surface area (Å²) in [5.74, 6) is 0.895. The number of aryl methyl sites for hydroxylation is 1. The van der Waals surface area contributed by atoms with Crippen LogP contribution in [0.1, 0.15) is 22.5 Å². The van der Waals surface area contributed by atoms with Crippen LogP contribution in [-0.2, 0) is 14.8 Å². The topological polar surface area (TPSA) is 116 Å². The molecule has 31 heavy (non-hydrogen) atoms. The number of rotatable bonds is 5. The van der Waals surface area contributed by atoms with Gasteiger partial charge in [-0.05, 0) is 37.6 Å². The fraction of sp³-hybridized carbons (Fsp3) is 0.450. The molecule has 0 atom stereocenters. The van der Waals surface area contributed by atoms with Crippen molar-refractivity contribution in [1.29, 1.82) is 0 Å². The highest BCUT2D eigenvalue weighted by Crippen LogP contribution is 2.24. The average molecular weight is 448 g/mol. The maximum Gasteiger partial charge on any atom is 0.253 e. The lowest BCUT2D eigenvalue weighted by Gasteiger charge is -2.34. The molecule has 0 saturated carbocycles. The molecule has 0 aliphatic carbocycles. The van der Waals surface area contributed by atoms with Gasteiger partial charge in [-0.25, -0.2) is 8.42 Å². The van der Waals surface area contributed by atoms with Crippen molar-refractivity contribution in [2.75, 3.05) is 54.6 Å². The molecule has 4 rings (SSSR count). The summed E-state index contributed by atoms with van der Waals surface area (Å²) in [6.07, 6.45) is 0.615. The van der Waals surface area contributed by atoms with Gasteiger partial charge in [-0.2, -0.15) is 0 Å². The van der Waals surface area contributed by atoms with Gasteiger partial charge >= 0.3 is 0 Å². The predicted octanol–water partition coefficient (Wildman–Crippen LogP) is 0.919. The smallest absolute Gasteiger partial charge is 0.253 e. The van der Waals surface area contributed by atoms with Gasteiger partial charge in [-0.1, -0.05) is 5.16 Å². The number of hydrogen-bond donors (Lipinski definition) is 1. The van der Waals surface area contributed by atoms with Crippen LogP contribution >= 0.6 is 0 Å². The molecule has 10 nitrogen and oxygen atoms in total. The molecule has 3 heterocycles. The maximum atomic E-state index is 12.8. The Morgan fingerprint density at radius 1 is 1.10 bits per heavy atom. The van der Waals surface area contributed by atoms with E-state index in [1.54, 1.807) is 42.2 Å². The normalized spacial score (nSPS) is 18.9. The molecule has 2 aliphatic rings. The minimum absolute atomic E-state index is 0.0991. The van der Waals surface area contributed by atoms with Crippen LogP contribution in [0.15, 0.2) is 34.9 Å². The zero-order chi connectivity index (χ0) is 22.0. The molecular weight excluding hydrogens is 422 g/mol. The van der Waals surface area contributed by atoms with Crippen LogP contribution in [-0.4, -0.2) is 80.2 Å². The number of benzene rings is 1. The highest BCUT2D eigenvalue weighted by Gasteiger charge is 2.29. The van der Waals surface area contributed by atoms with E-state index in [1.807, 2.05) is 4.90 Å². The molecule has 166 valence electrons. The Labute approximate surface area is 180 Å². The summed E-state index contributed by atoms with van der Waals surface area (Å²) in [4.78, 5) is 28.7. The molecule has 2 fully saturated rings. The number of carbonyl (C=O) groups excluding carboxylic acids is 2. The van der Waals surface area contributed by atoms with Crippen molar-refractivity contribution >= 4 is 33.3 Å². The van der Waals surface area contributed by atoms with Crippen molar-refractivity contribution in [1.82, 2.24) is 15.0 Å². The summed E-state index contributed by atoms with van der Waals surface area (Å²) in [6.45, 7) is 4.63. The van der Waals surface area contributed by atoms with Crippen LogP contribution in [0.25, 0.3) is 0 Å². The zero-order valence-corrected chi connectivity index (χ0v) is 18.1. The molecule has 2 saturated heterocycles. The number of hydrogen-bond acceptors (Lipinski definition) is 7. The van der Waals surface area contributed by atoms with Gasteiger partial charge < -0.3 is 14.7 Å². The van der Waals surface area contributed by atoms with Gasteiger partial charge in [0.05, 0.1) is 18.0 Å². The Kier molecular flexibility index (Phi) is 5.96. The standard InChI is InChI=1S/C20H25N5O5S/c1-15-13-18(22-30-15)21-19(26)14-23-8-10-24(11-9-23)20(27)16-3-5-17(6-4-16)25-7-2-12-31(25,28)29/h3-6,13H,2,7-12,14H2,1H3,(H,21,22,26). The van der Waals surface area contributed by atoms with Gasteiger partial charge in [0.1, 0.15) is 5.76 Å². The van der Waals surface area contributed by atoms with Gasteiger partial charge in [-0.3, -0.25) is 18.8 Å². The number of piperazine rings is 1. The van der Waals surface area contributed by atoms with Crippen molar-refractivity contribution in [3.8, 4) is 0 Å². The van der Waals surface area contributed by atoms with Crippen LogP contribution in [0, 0.1) is 6.92 Å². The second-order valence-electron chi connectivity index (χ2n) is 7.73. The van der Waals surface area contributed by atoms with Gasteiger partial charge in [0.25, 0.3) is 5.91 Å². The van der Waals surface area contributed by atoms with Crippen molar-refractivity contribution in [2.24, 2.45) is 0 Å². The van der Waals surface area contributed by atoms with Crippen LogP contribution in [0.5, 0.6) is 0 Å². The lowest BCUT2D eigenvalue weighted by atomic mass is 10.1. The first-order valence-electron chi connectivity index (χ1n) is 10.2. The maximum absolute atomic E-state index is 12.8. The van der Waals surface area contributed by atoms with Gasteiger partial charge in [0.15, 0.2) is 5.82 Å². The third-order valence-electron chi connectivity index (χ3n) is 5.42. The van der Waals surface area contributed by atoms with Gasteiger partial charge in [0.2, 0.25) is 15.9 Å². The van der Waals surface area contributed by atoms with E-state index in [0.717, 1.165) is 0 Å². The van der Waals surface area contributed by atoms with Crippen molar-refractivity contribution in [3.05, 3.63) is 41.7 Å². The summed E-state index contributed by atoms with van der Waals surface area (Å²) in [5, 5.41) is 6.43. The molecule has 0 unspecified atom stereocenters. The van der Waals surface area contributed by atoms with E-state index in [-0.39, 0.29) is 24.1 Å². The second kappa shape index (κ2) is 8.67. The summed E-state index contributed by atoms with van der Waals surface area (Å²) in [5.41, 5.74) is 1.11. The fourth-order valence-electron chi connectivity index (χ4n) is 3.80. The molecule has 2 aliphatic heterocycles. The predicted molar refractivity (Wildman–Crippen MR) is 114 cm³/mol. The Bertz CT molecular complexity index is 1060. The first-order valence-corrected chi connectivity index (χ1v) is 11.8. The van der Waals surface area contributed by atoms with Crippen molar-refractivity contribution < 1.29 is 22.5 Å². The molecule has 0 radical (unpaired) electrons. The van der Waals surface area contributed by atoms with Crippen LogP contribution < -0.4 is 9.62 Å². The first kappa shape index (κ1) is 21.3. The van der Waals surface area contributed by atoms with E-state index in [9.17, 15) is 18.0 Å². The van der Waals surface area contributed by atoms with Gasteiger partial charge in [-0.15, -0.1) is 0 Å². The quantitative estimate of drug-likeness (QED) is 0.724. The number of nitrogens with one attached hydrogen (secondary N) is 1. The number of anilines is 2. The Hall–Kier alpha value is -2.92. The van der Waals surface area contributed by atoms with E-state index >= 15 is 0 Å². The molecule has 2 aromatic rings. The molecule has 11 heteroatoms. The molecule has 1 aromatic heterocycles. The third-order valence-corrected chi connectivity index (χ3v) is 7.29. The third kappa shape index (κ3) is 4.88. The number of nitrogens with zero attached hydrogens (tertiary/aromatic N) is 4. The first-order chi connectivity index (χ1) is 14.8. The molecule has 0 bridgehead atoms. The molecular formula is C20H25N5O5S. The van der Waals surface area contributed by atoms with Crippen LogP contribution in [0.4, 0.5) is 11.5 Å². The molecule has 2 amide bonds. The minimum Gasteiger partial charge on any atom is -0.360 e. The SMILES string of the molecule is Cc1cc(NC(=O)CN2CCN(C(=O)c3ccc(N4CCCS4(=O)=O)cc3)CC2)no1. The van der Waals surface area contributed by atoms with Crippen molar-refractivity contribution in [2.45, 2.75) is 13.3 Å². The van der Waals surface area contributed by atoms with Gasteiger partial charge in [0, 0.05) is 44.4 Å². The fourth-order valence-corrected chi connectivity index (χ4v) is 5.37. The van der Waals surface area contributed by atoms with Crippen LogP contribution in [0.2, 0.25) is 0 Å². The Morgan fingerprint density at radius 2 is 1.81 bits per heavy atom. The average Bonchev–Trinajstić information content (AvgIpc) is 3.32. The monoisotopic (exact) mass is 447 g/mol. The number of sulfonamides is 1. The number of carbonyl (C=O) groups is 2.